The van der Waals surface area contributed by atoms with Gasteiger partial charge in [0.1, 0.15) is 6.61 Å². The highest BCUT2D eigenvalue weighted by Crippen LogP contribution is 2.30. The Morgan fingerprint density at radius 3 is 2.57 bits per heavy atom. The Bertz CT molecular complexity index is 767. The first-order chi connectivity index (χ1) is 13.6. The van der Waals surface area contributed by atoms with E-state index in [-0.39, 0.29) is 24.7 Å². The standard InChI is InChI=1S/C22H26N2O4/c1-17(19-11-6-3-7-12-19)24-20(15-21(25)28-24)13-8-14-23-22(26)27-16-18-9-4-2-5-10-18/h2-7,9-12,17,20H,8,13-16H2,1H3,(H,23,26)/t17-,20-/m1/s1. The van der Waals surface area contributed by atoms with Crippen LogP contribution in [0.1, 0.15) is 43.4 Å². The molecule has 3 rings (SSSR count). The summed E-state index contributed by atoms with van der Waals surface area (Å²) in [5.41, 5.74) is 2.05. The van der Waals surface area contributed by atoms with E-state index in [1.165, 1.54) is 0 Å². The fourth-order valence-corrected chi connectivity index (χ4v) is 3.32. The molecule has 0 aromatic heterocycles. The van der Waals surface area contributed by atoms with Crippen LogP contribution in [-0.2, 0) is 21.0 Å². The second kappa shape index (κ2) is 9.90. The Morgan fingerprint density at radius 1 is 1.18 bits per heavy atom. The van der Waals surface area contributed by atoms with Crippen LogP contribution < -0.4 is 5.32 Å². The predicted molar refractivity (Wildman–Crippen MR) is 105 cm³/mol. The number of ether oxygens (including phenoxy) is 1. The number of hydroxylamine groups is 2. The van der Waals surface area contributed by atoms with Crippen molar-refractivity contribution in [3.8, 4) is 0 Å². The first kappa shape index (κ1) is 19.9. The van der Waals surface area contributed by atoms with Crippen molar-refractivity contribution in [2.45, 2.75) is 44.9 Å². The Balaban J connectivity index is 1.40. The molecule has 6 nitrogen and oxygen atoms in total. The smallest absolute Gasteiger partial charge is 0.407 e. The maximum Gasteiger partial charge on any atom is 0.407 e. The second-order valence-corrected chi connectivity index (χ2v) is 6.90. The number of benzene rings is 2. The minimum Gasteiger partial charge on any atom is -0.445 e. The third-order valence-electron chi connectivity index (χ3n) is 4.83. The van der Waals surface area contributed by atoms with E-state index in [2.05, 4.69) is 5.32 Å². The van der Waals surface area contributed by atoms with Gasteiger partial charge >= 0.3 is 12.1 Å². The van der Waals surface area contributed by atoms with E-state index in [9.17, 15) is 9.59 Å². The summed E-state index contributed by atoms with van der Waals surface area (Å²) in [6, 6.07) is 19.5. The lowest BCUT2D eigenvalue weighted by atomic mass is 10.0. The fraction of sp³-hybridized carbons (Fsp3) is 0.364. The summed E-state index contributed by atoms with van der Waals surface area (Å²) in [5.74, 6) is -0.206. The van der Waals surface area contributed by atoms with Crippen molar-refractivity contribution < 1.29 is 19.2 Å². The number of hydrogen-bond acceptors (Lipinski definition) is 5. The molecule has 6 heteroatoms. The summed E-state index contributed by atoms with van der Waals surface area (Å²) in [6.07, 6.45) is 1.43. The van der Waals surface area contributed by atoms with Gasteiger partial charge in [-0.25, -0.2) is 4.79 Å². The highest BCUT2D eigenvalue weighted by Gasteiger charge is 2.36. The molecule has 2 aromatic carbocycles. The number of nitrogens with one attached hydrogen (secondary N) is 1. The van der Waals surface area contributed by atoms with Gasteiger partial charge in [0.25, 0.3) is 0 Å². The summed E-state index contributed by atoms with van der Waals surface area (Å²) in [5, 5.41) is 4.54. The number of amides is 1. The number of hydrogen-bond donors (Lipinski definition) is 1. The lowest BCUT2D eigenvalue weighted by Crippen LogP contribution is -2.32. The molecular formula is C22H26N2O4. The normalized spacial score (nSPS) is 17.8. The molecule has 1 aliphatic rings. The summed E-state index contributed by atoms with van der Waals surface area (Å²) in [7, 11) is 0. The van der Waals surface area contributed by atoms with Gasteiger partial charge in [0.15, 0.2) is 0 Å². The van der Waals surface area contributed by atoms with Crippen LogP contribution in [0.4, 0.5) is 4.79 Å². The molecular weight excluding hydrogens is 356 g/mol. The molecule has 0 aliphatic carbocycles. The van der Waals surface area contributed by atoms with E-state index in [1.54, 1.807) is 5.06 Å². The second-order valence-electron chi connectivity index (χ2n) is 6.90. The van der Waals surface area contributed by atoms with Gasteiger partial charge in [-0.15, -0.1) is 5.06 Å². The number of alkyl carbamates (subject to hydrolysis) is 1. The SMILES string of the molecule is C[C@H](c1ccccc1)N1OC(=O)C[C@H]1CCCNC(=O)OCc1ccccc1. The molecule has 28 heavy (non-hydrogen) atoms. The molecule has 0 spiro atoms. The van der Waals surface area contributed by atoms with Gasteiger partial charge in [0, 0.05) is 6.54 Å². The van der Waals surface area contributed by atoms with Crippen LogP contribution in [0.15, 0.2) is 60.7 Å². The van der Waals surface area contributed by atoms with E-state index in [0.29, 0.717) is 13.0 Å². The molecule has 1 saturated heterocycles. The summed E-state index contributed by atoms with van der Waals surface area (Å²) in [4.78, 5) is 29.0. The van der Waals surface area contributed by atoms with Crippen molar-refractivity contribution in [1.82, 2.24) is 10.4 Å². The maximum atomic E-state index is 11.8. The van der Waals surface area contributed by atoms with Gasteiger partial charge in [0.2, 0.25) is 0 Å². The van der Waals surface area contributed by atoms with Crippen LogP contribution in [0.3, 0.4) is 0 Å². The van der Waals surface area contributed by atoms with Crippen LogP contribution in [0.25, 0.3) is 0 Å². The molecule has 1 fully saturated rings. The zero-order chi connectivity index (χ0) is 19.8. The average Bonchev–Trinajstić information content (AvgIpc) is 3.11. The number of carbonyl (C=O) groups is 2. The van der Waals surface area contributed by atoms with Crippen LogP contribution in [0.2, 0.25) is 0 Å². The zero-order valence-electron chi connectivity index (χ0n) is 16.0. The van der Waals surface area contributed by atoms with E-state index < -0.39 is 6.09 Å². The maximum absolute atomic E-state index is 11.8. The van der Waals surface area contributed by atoms with E-state index >= 15 is 0 Å². The number of carbonyl (C=O) groups excluding carboxylic acids is 2. The average molecular weight is 382 g/mol. The fourth-order valence-electron chi connectivity index (χ4n) is 3.32. The van der Waals surface area contributed by atoms with Crippen molar-refractivity contribution >= 4 is 12.1 Å². The topological polar surface area (TPSA) is 67.9 Å². The molecule has 0 unspecified atom stereocenters. The zero-order valence-corrected chi connectivity index (χ0v) is 16.0. The molecule has 148 valence electrons. The van der Waals surface area contributed by atoms with Crippen molar-refractivity contribution in [2.75, 3.05) is 6.54 Å². The molecule has 1 amide bonds. The Kier molecular flexibility index (Phi) is 7.03. The number of nitrogens with zero attached hydrogens (tertiary/aromatic N) is 1. The van der Waals surface area contributed by atoms with Gasteiger partial charge < -0.3 is 14.9 Å². The predicted octanol–water partition coefficient (Wildman–Crippen LogP) is 3.99. The van der Waals surface area contributed by atoms with Crippen LogP contribution in [-0.4, -0.2) is 29.7 Å². The Labute approximate surface area is 165 Å². The largest absolute Gasteiger partial charge is 0.445 e. The van der Waals surface area contributed by atoms with E-state index in [1.807, 2.05) is 67.6 Å². The van der Waals surface area contributed by atoms with Crippen molar-refractivity contribution in [1.29, 1.82) is 0 Å². The quantitative estimate of drug-likeness (QED) is 0.699. The van der Waals surface area contributed by atoms with Crippen molar-refractivity contribution in [2.24, 2.45) is 0 Å². The lowest BCUT2D eigenvalue weighted by Gasteiger charge is -2.27. The molecule has 0 saturated carbocycles. The monoisotopic (exact) mass is 382 g/mol. The first-order valence-electron chi connectivity index (χ1n) is 9.62. The summed E-state index contributed by atoms with van der Waals surface area (Å²) in [6.45, 7) is 2.77. The molecule has 2 atom stereocenters. The Morgan fingerprint density at radius 2 is 1.86 bits per heavy atom. The molecule has 1 heterocycles. The van der Waals surface area contributed by atoms with Gasteiger partial charge in [0.05, 0.1) is 18.5 Å². The number of rotatable bonds is 8. The van der Waals surface area contributed by atoms with Crippen LogP contribution >= 0.6 is 0 Å². The van der Waals surface area contributed by atoms with Gasteiger partial charge in [-0.1, -0.05) is 60.7 Å². The van der Waals surface area contributed by atoms with Crippen LogP contribution in [0, 0.1) is 0 Å². The third-order valence-corrected chi connectivity index (χ3v) is 4.83. The summed E-state index contributed by atoms with van der Waals surface area (Å²) >= 11 is 0. The molecule has 1 N–H and O–H groups in total. The third kappa shape index (κ3) is 5.57. The first-order valence-corrected chi connectivity index (χ1v) is 9.62. The van der Waals surface area contributed by atoms with E-state index in [4.69, 9.17) is 9.57 Å². The molecule has 2 aromatic rings. The van der Waals surface area contributed by atoms with Gasteiger partial charge in [-0.3, -0.25) is 4.79 Å². The molecule has 1 aliphatic heterocycles. The minimum atomic E-state index is -0.433. The molecule has 0 bridgehead atoms. The summed E-state index contributed by atoms with van der Waals surface area (Å²) < 4.78 is 5.20. The van der Waals surface area contributed by atoms with Crippen molar-refractivity contribution in [3.05, 3.63) is 71.8 Å². The van der Waals surface area contributed by atoms with Gasteiger partial charge in [-0.2, -0.15) is 0 Å². The van der Waals surface area contributed by atoms with Gasteiger partial charge in [-0.05, 0) is 30.9 Å². The van der Waals surface area contributed by atoms with Crippen LogP contribution in [0.5, 0.6) is 0 Å². The van der Waals surface area contributed by atoms with E-state index in [0.717, 1.165) is 24.0 Å². The van der Waals surface area contributed by atoms with Crippen molar-refractivity contribution in [3.63, 3.8) is 0 Å². The lowest BCUT2D eigenvalue weighted by molar-refractivity contribution is -0.186. The highest BCUT2D eigenvalue weighted by atomic mass is 16.7. The highest BCUT2D eigenvalue weighted by molar-refractivity contribution is 5.71. The Hall–Kier alpha value is -2.86. The molecule has 0 radical (unpaired) electrons. The minimum absolute atomic E-state index is 0.00449.